The average Bonchev–Trinajstić information content (AvgIpc) is 2.96. The molecule has 3 rings (SSSR count). The summed E-state index contributed by atoms with van der Waals surface area (Å²) in [6, 6.07) is 7.59. The van der Waals surface area contributed by atoms with E-state index in [-0.39, 0.29) is 5.91 Å². The number of thiophene rings is 1. The molecule has 3 aromatic heterocycles. The number of likely N-dealkylation sites (N-methyl/N-ethyl adjacent to an activating group) is 1. The number of rotatable bonds is 4. The lowest BCUT2D eigenvalue weighted by molar-refractivity contribution is -0.125. The molecule has 6 heteroatoms. The van der Waals surface area contributed by atoms with Gasteiger partial charge in [0.15, 0.2) is 0 Å². The number of pyridine rings is 2. The van der Waals surface area contributed by atoms with Crippen molar-refractivity contribution in [2.75, 3.05) is 12.8 Å². The van der Waals surface area contributed by atoms with Gasteiger partial charge in [0.1, 0.15) is 5.82 Å². The number of nitrogens with zero attached hydrogens (tertiary/aromatic N) is 3. The highest BCUT2D eigenvalue weighted by Gasteiger charge is 2.08. The first kappa shape index (κ1) is 15.2. The van der Waals surface area contributed by atoms with Gasteiger partial charge in [0.25, 0.3) is 0 Å². The highest BCUT2D eigenvalue weighted by atomic mass is 32.1. The minimum absolute atomic E-state index is 0.0580. The summed E-state index contributed by atoms with van der Waals surface area (Å²) in [4.78, 5) is 23.1. The second-order valence-electron chi connectivity index (χ2n) is 5.17. The lowest BCUT2D eigenvalue weighted by Crippen LogP contribution is -2.23. The van der Waals surface area contributed by atoms with Gasteiger partial charge in [-0.2, -0.15) is 0 Å². The third-order valence-electron chi connectivity index (χ3n) is 3.36. The van der Waals surface area contributed by atoms with Crippen molar-refractivity contribution < 1.29 is 4.79 Å². The third-order valence-corrected chi connectivity index (χ3v) is 4.47. The Morgan fingerprint density at radius 1 is 1.35 bits per heavy atom. The predicted molar refractivity (Wildman–Crippen MR) is 93.8 cm³/mol. The van der Waals surface area contributed by atoms with Crippen LogP contribution in [0.5, 0.6) is 0 Å². The predicted octanol–water partition coefficient (Wildman–Crippen LogP) is 2.95. The molecule has 0 fully saturated rings. The number of hydrogen-bond donors (Lipinski definition) is 1. The van der Waals surface area contributed by atoms with Crippen molar-refractivity contribution in [3.05, 3.63) is 59.4 Å². The Morgan fingerprint density at radius 2 is 2.22 bits per heavy atom. The molecule has 3 aromatic rings. The summed E-state index contributed by atoms with van der Waals surface area (Å²) >= 11 is 1.68. The average molecular weight is 324 g/mol. The van der Waals surface area contributed by atoms with Crippen LogP contribution in [0.3, 0.4) is 0 Å². The first-order valence-electron chi connectivity index (χ1n) is 7.09. The minimum Gasteiger partial charge on any atom is -0.384 e. The molecule has 1 amide bonds. The van der Waals surface area contributed by atoms with Crippen LogP contribution in [0, 0.1) is 0 Å². The van der Waals surface area contributed by atoms with E-state index in [9.17, 15) is 4.79 Å². The summed E-state index contributed by atoms with van der Waals surface area (Å²) in [5.74, 6) is 0.405. The number of amides is 1. The first-order valence-corrected chi connectivity index (χ1v) is 7.90. The molecule has 0 radical (unpaired) electrons. The number of anilines is 1. The summed E-state index contributed by atoms with van der Waals surface area (Å²) < 4.78 is 1.18. The summed E-state index contributed by atoms with van der Waals surface area (Å²) in [5, 5.41) is 1.11. The van der Waals surface area contributed by atoms with Gasteiger partial charge in [-0.25, -0.2) is 4.98 Å². The zero-order valence-electron chi connectivity index (χ0n) is 12.6. The van der Waals surface area contributed by atoms with E-state index in [0.29, 0.717) is 12.4 Å². The minimum atomic E-state index is -0.0580. The molecule has 0 unspecified atom stereocenters. The van der Waals surface area contributed by atoms with Gasteiger partial charge in [-0.3, -0.25) is 9.78 Å². The topological polar surface area (TPSA) is 72.1 Å². The molecule has 0 atom stereocenters. The normalized spacial score (nSPS) is 11.2. The highest BCUT2D eigenvalue weighted by Crippen LogP contribution is 2.25. The molecule has 0 aliphatic heterocycles. The van der Waals surface area contributed by atoms with Crippen molar-refractivity contribution in [2.45, 2.75) is 6.54 Å². The Morgan fingerprint density at radius 3 is 2.96 bits per heavy atom. The molecule has 3 heterocycles. The van der Waals surface area contributed by atoms with Crippen LogP contribution in [-0.4, -0.2) is 27.8 Å². The second kappa shape index (κ2) is 6.58. The molecular weight excluding hydrogens is 308 g/mol. The number of fused-ring (bicyclic) bond motifs is 1. The molecule has 0 bridgehead atoms. The first-order chi connectivity index (χ1) is 11.1. The molecule has 23 heavy (non-hydrogen) atoms. The van der Waals surface area contributed by atoms with Gasteiger partial charge < -0.3 is 10.6 Å². The maximum Gasteiger partial charge on any atom is 0.246 e. The van der Waals surface area contributed by atoms with Gasteiger partial charge in [0.2, 0.25) is 5.91 Å². The van der Waals surface area contributed by atoms with E-state index in [2.05, 4.69) is 16.0 Å². The maximum absolute atomic E-state index is 12.2. The Labute approximate surface area is 138 Å². The Bertz CT molecular complexity index is 821. The lowest BCUT2D eigenvalue weighted by Gasteiger charge is -2.13. The monoisotopic (exact) mass is 324 g/mol. The smallest absolute Gasteiger partial charge is 0.246 e. The molecule has 0 aliphatic carbocycles. The fourth-order valence-electron chi connectivity index (χ4n) is 2.14. The van der Waals surface area contributed by atoms with Crippen molar-refractivity contribution in [1.82, 2.24) is 14.9 Å². The van der Waals surface area contributed by atoms with E-state index in [0.717, 1.165) is 15.8 Å². The fraction of sp³-hybridized carbons (Fsp3) is 0.118. The van der Waals surface area contributed by atoms with Crippen LogP contribution in [0.4, 0.5) is 5.82 Å². The van der Waals surface area contributed by atoms with Crippen LogP contribution in [0.15, 0.2) is 48.9 Å². The number of hydrogen-bond acceptors (Lipinski definition) is 5. The second-order valence-corrected chi connectivity index (χ2v) is 6.34. The largest absolute Gasteiger partial charge is 0.384 e. The fourth-order valence-corrected chi connectivity index (χ4v) is 3.22. The Balaban J connectivity index is 1.66. The molecular formula is C17H16N4OS. The van der Waals surface area contributed by atoms with Gasteiger partial charge in [0.05, 0.1) is 6.54 Å². The van der Waals surface area contributed by atoms with Gasteiger partial charge in [-0.05, 0) is 35.9 Å². The van der Waals surface area contributed by atoms with E-state index in [1.807, 2.05) is 18.3 Å². The number of nitrogens with two attached hydrogens (primary N) is 1. The number of carbonyl (C=O) groups excluding carboxylic acids is 1. The van der Waals surface area contributed by atoms with E-state index in [4.69, 9.17) is 5.73 Å². The van der Waals surface area contributed by atoms with Crippen molar-refractivity contribution in [1.29, 1.82) is 0 Å². The molecule has 0 aliphatic rings. The molecule has 2 N–H and O–H groups in total. The third kappa shape index (κ3) is 3.73. The SMILES string of the molecule is CN(Cc1cc2cnccc2s1)C(=O)/C=C/c1ccc(N)nc1. The lowest BCUT2D eigenvalue weighted by atomic mass is 10.2. The van der Waals surface area contributed by atoms with Crippen molar-refractivity contribution >= 4 is 39.2 Å². The van der Waals surface area contributed by atoms with E-state index < -0.39 is 0 Å². The number of aromatic nitrogens is 2. The van der Waals surface area contributed by atoms with Crippen molar-refractivity contribution in [3.63, 3.8) is 0 Å². The van der Waals surface area contributed by atoms with Crippen molar-refractivity contribution in [2.24, 2.45) is 0 Å². The molecule has 116 valence electrons. The summed E-state index contributed by atoms with van der Waals surface area (Å²) in [6.07, 6.45) is 8.53. The standard InChI is InChI=1S/C17H16N4OS/c1-21(11-14-8-13-10-19-7-6-15(13)23-14)17(22)5-3-12-2-4-16(18)20-9-12/h2-10H,11H2,1H3,(H2,18,20)/b5-3+. The van der Waals surface area contributed by atoms with Gasteiger partial charge in [-0.1, -0.05) is 0 Å². The van der Waals surface area contributed by atoms with Gasteiger partial charge in [0, 0.05) is 46.7 Å². The summed E-state index contributed by atoms with van der Waals surface area (Å²) in [5.41, 5.74) is 6.38. The summed E-state index contributed by atoms with van der Waals surface area (Å²) in [6.45, 7) is 0.572. The van der Waals surface area contributed by atoms with E-state index >= 15 is 0 Å². The zero-order valence-corrected chi connectivity index (χ0v) is 13.5. The van der Waals surface area contributed by atoms with Crippen LogP contribution in [-0.2, 0) is 11.3 Å². The van der Waals surface area contributed by atoms with Crippen molar-refractivity contribution in [3.8, 4) is 0 Å². The van der Waals surface area contributed by atoms with Crippen LogP contribution >= 0.6 is 11.3 Å². The van der Waals surface area contributed by atoms with Crippen LogP contribution in [0.2, 0.25) is 0 Å². The van der Waals surface area contributed by atoms with Gasteiger partial charge in [-0.15, -0.1) is 11.3 Å². The number of nitrogen functional groups attached to an aromatic ring is 1. The molecule has 0 spiro atoms. The number of carbonyl (C=O) groups is 1. The molecule has 0 saturated heterocycles. The Hall–Kier alpha value is -2.73. The zero-order chi connectivity index (χ0) is 16.2. The van der Waals surface area contributed by atoms with E-state index in [1.165, 1.54) is 4.70 Å². The van der Waals surface area contributed by atoms with Crippen LogP contribution < -0.4 is 5.73 Å². The Kier molecular flexibility index (Phi) is 4.34. The molecule has 5 nitrogen and oxygen atoms in total. The van der Waals surface area contributed by atoms with E-state index in [1.54, 1.807) is 53.9 Å². The summed E-state index contributed by atoms with van der Waals surface area (Å²) in [7, 11) is 1.79. The quantitative estimate of drug-likeness (QED) is 0.749. The maximum atomic E-state index is 12.2. The molecule has 0 aromatic carbocycles. The molecule has 0 saturated carbocycles. The highest BCUT2D eigenvalue weighted by molar-refractivity contribution is 7.19. The van der Waals surface area contributed by atoms with Crippen LogP contribution in [0.1, 0.15) is 10.4 Å². The van der Waals surface area contributed by atoms with Crippen LogP contribution in [0.25, 0.3) is 16.2 Å². The van der Waals surface area contributed by atoms with Gasteiger partial charge >= 0.3 is 0 Å².